The van der Waals surface area contributed by atoms with E-state index in [1.54, 1.807) is 0 Å². The van der Waals surface area contributed by atoms with Gasteiger partial charge in [-0.15, -0.1) is 0 Å². The number of hydrogen-bond donors (Lipinski definition) is 2. The van der Waals surface area contributed by atoms with Crippen molar-refractivity contribution in [2.45, 2.75) is 33.2 Å². The fourth-order valence-electron chi connectivity index (χ4n) is 2.13. The van der Waals surface area contributed by atoms with Crippen molar-refractivity contribution >= 4 is 17.3 Å². The predicted molar refractivity (Wildman–Crippen MR) is 83.1 cm³/mol. The van der Waals surface area contributed by atoms with Crippen molar-refractivity contribution < 1.29 is 5.11 Å². The molecule has 0 saturated carbocycles. The van der Waals surface area contributed by atoms with Gasteiger partial charge in [-0.25, -0.2) is 0 Å². The Morgan fingerprint density at radius 3 is 2.63 bits per heavy atom. The Kier molecular flexibility index (Phi) is 7.21. The molecular formula is C15H25ClN2O. The lowest BCUT2D eigenvalue weighted by Crippen LogP contribution is -2.26. The molecule has 2 N–H and O–H groups in total. The highest BCUT2D eigenvalue weighted by Crippen LogP contribution is 2.27. The molecule has 1 aromatic rings. The zero-order valence-corrected chi connectivity index (χ0v) is 12.9. The zero-order valence-electron chi connectivity index (χ0n) is 12.1. The van der Waals surface area contributed by atoms with E-state index in [0.717, 1.165) is 35.8 Å². The van der Waals surface area contributed by atoms with Gasteiger partial charge in [-0.05, 0) is 44.5 Å². The first kappa shape index (κ1) is 16.3. The van der Waals surface area contributed by atoms with Crippen LogP contribution in [0.3, 0.4) is 0 Å². The Bertz CT molecular complexity index is 384. The Morgan fingerprint density at radius 2 is 2.11 bits per heavy atom. The lowest BCUT2D eigenvalue weighted by molar-refractivity contribution is 0.302. The largest absolute Gasteiger partial charge is 0.395 e. The molecule has 0 amide bonds. The molecule has 0 saturated heterocycles. The van der Waals surface area contributed by atoms with E-state index >= 15 is 0 Å². The molecule has 0 aliphatic carbocycles. The minimum Gasteiger partial charge on any atom is -0.395 e. The fourth-order valence-corrected chi connectivity index (χ4v) is 2.46. The molecule has 0 fully saturated rings. The van der Waals surface area contributed by atoms with Crippen molar-refractivity contribution in [1.82, 2.24) is 5.32 Å². The van der Waals surface area contributed by atoms with Crippen LogP contribution in [0.1, 0.15) is 38.8 Å². The van der Waals surface area contributed by atoms with Gasteiger partial charge in [0.25, 0.3) is 0 Å². The van der Waals surface area contributed by atoms with Gasteiger partial charge in [0.15, 0.2) is 0 Å². The number of halogens is 1. The molecule has 4 heteroatoms. The Hall–Kier alpha value is -0.770. The normalized spacial score (nSPS) is 12.5. The average Bonchev–Trinajstić information content (AvgIpc) is 2.42. The van der Waals surface area contributed by atoms with Gasteiger partial charge in [0.05, 0.1) is 6.61 Å². The molecule has 3 nitrogen and oxygen atoms in total. The van der Waals surface area contributed by atoms with Crippen molar-refractivity contribution in [3.8, 4) is 0 Å². The standard InChI is InChI=1S/C15H25ClN2O/c1-4-8-17-12(3)14-7-6-13(11-15(14)16)18(5-2)9-10-19/h6-7,11-12,17,19H,4-5,8-10H2,1-3H3. The molecule has 19 heavy (non-hydrogen) atoms. The van der Waals surface area contributed by atoms with E-state index in [4.69, 9.17) is 16.7 Å². The molecule has 0 spiro atoms. The molecule has 108 valence electrons. The third kappa shape index (κ3) is 4.68. The molecule has 0 aliphatic heterocycles. The molecule has 0 heterocycles. The number of aliphatic hydroxyl groups excluding tert-OH is 1. The highest BCUT2D eigenvalue weighted by molar-refractivity contribution is 6.31. The number of nitrogens with zero attached hydrogens (tertiary/aromatic N) is 1. The summed E-state index contributed by atoms with van der Waals surface area (Å²) >= 11 is 6.38. The van der Waals surface area contributed by atoms with E-state index in [-0.39, 0.29) is 12.6 Å². The van der Waals surface area contributed by atoms with E-state index in [2.05, 4.69) is 43.1 Å². The van der Waals surface area contributed by atoms with Crippen LogP contribution >= 0.6 is 11.6 Å². The summed E-state index contributed by atoms with van der Waals surface area (Å²) in [6, 6.07) is 6.39. The fraction of sp³-hybridized carbons (Fsp3) is 0.600. The summed E-state index contributed by atoms with van der Waals surface area (Å²) in [4.78, 5) is 2.11. The van der Waals surface area contributed by atoms with Crippen molar-refractivity contribution in [2.24, 2.45) is 0 Å². The molecule has 0 aromatic heterocycles. The van der Waals surface area contributed by atoms with Crippen molar-refractivity contribution in [3.05, 3.63) is 28.8 Å². The summed E-state index contributed by atoms with van der Waals surface area (Å²) in [6.07, 6.45) is 1.11. The topological polar surface area (TPSA) is 35.5 Å². The average molecular weight is 285 g/mol. The zero-order chi connectivity index (χ0) is 14.3. The summed E-state index contributed by atoms with van der Waals surface area (Å²) in [5, 5.41) is 13.3. The van der Waals surface area contributed by atoms with E-state index in [1.807, 2.05) is 6.07 Å². The van der Waals surface area contributed by atoms with Crippen LogP contribution in [0, 0.1) is 0 Å². The lowest BCUT2D eigenvalue weighted by Gasteiger charge is -2.23. The maximum Gasteiger partial charge on any atom is 0.0606 e. The van der Waals surface area contributed by atoms with Gasteiger partial charge in [0.2, 0.25) is 0 Å². The van der Waals surface area contributed by atoms with E-state index in [1.165, 1.54) is 0 Å². The molecule has 0 radical (unpaired) electrons. The first-order valence-electron chi connectivity index (χ1n) is 7.02. The van der Waals surface area contributed by atoms with Crippen LogP contribution in [0.5, 0.6) is 0 Å². The smallest absolute Gasteiger partial charge is 0.0606 e. The highest BCUT2D eigenvalue weighted by Gasteiger charge is 2.11. The second-order valence-corrected chi connectivity index (χ2v) is 5.09. The van der Waals surface area contributed by atoms with Gasteiger partial charge >= 0.3 is 0 Å². The van der Waals surface area contributed by atoms with Crippen LogP contribution in [0.2, 0.25) is 5.02 Å². The monoisotopic (exact) mass is 284 g/mol. The number of likely N-dealkylation sites (N-methyl/N-ethyl adjacent to an activating group) is 1. The van der Waals surface area contributed by atoms with Gasteiger partial charge in [-0.3, -0.25) is 0 Å². The summed E-state index contributed by atoms with van der Waals surface area (Å²) in [6.45, 7) is 8.99. The minimum absolute atomic E-state index is 0.154. The van der Waals surface area contributed by atoms with Crippen LogP contribution in [0.4, 0.5) is 5.69 Å². The Morgan fingerprint density at radius 1 is 1.37 bits per heavy atom. The van der Waals surface area contributed by atoms with Crippen LogP contribution in [0.15, 0.2) is 18.2 Å². The number of hydrogen-bond acceptors (Lipinski definition) is 3. The van der Waals surface area contributed by atoms with Crippen LogP contribution in [0.25, 0.3) is 0 Å². The van der Waals surface area contributed by atoms with Crippen molar-refractivity contribution in [3.63, 3.8) is 0 Å². The minimum atomic E-state index is 0.154. The van der Waals surface area contributed by atoms with Crippen LogP contribution < -0.4 is 10.2 Å². The molecule has 0 aliphatic rings. The van der Waals surface area contributed by atoms with Gasteiger partial charge in [-0.2, -0.15) is 0 Å². The SMILES string of the molecule is CCCNC(C)c1ccc(N(CC)CCO)cc1Cl. The van der Waals surface area contributed by atoms with E-state index in [9.17, 15) is 0 Å². The number of benzene rings is 1. The van der Waals surface area contributed by atoms with Crippen molar-refractivity contribution in [2.75, 3.05) is 31.1 Å². The van der Waals surface area contributed by atoms with Crippen molar-refractivity contribution in [1.29, 1.82) is 0 Å². The first-order chi connectivity index (χ1) is 9.13. The van der Waals surface area contributed by atoms with Crippen LogP contribution in [-0.2, 0) is 0 Å². The molecule has 1 unspecified atom stereocenters. The summed E-state index contributed by atoms with van der Waals surface area (Å²) in [5.41, 5.74) is 2.19. The molecular weight excluding hydrogens is 260 g/mol. The van der Waals surface area contributed by atoms with Gasteiger partial charge < -0.3 is 15.3 Å². The molecule has 1 rings (SSSR count). The second-order valence-electron chi connectivity index (χ2n) is 4.68. The maximum absolute atomic E-state index is 9.05. The summed E-state index contributed by atoms with van der Waals surface area (Å²) in [5.74, 6) is 0. The second kappa shape index (κ2) is 8.41. The number of rotatable bonds is 8. The Labute approximate surface area is 121 Å². The number of nitrogens with one attached hydrogen (secondary N) is 1. The molecule has 0 bridgehead atoms. The van der Waals surface area contributed by atoms with Gasteiger partial charge in [0, 0.05) is 29.8 Å². The molecule has 1 aromatic carbocycles. The van der Waals surface area contributed by atoms with E-state index in [0.29, 0.717) is 6.54 Å². The quantitative estimate of drug-likeness (QED) is 0.769. The van der Waals surface area contributed by atoms with Gasteiger partial charge in [0.1, 0.15) is 0 Å². The Balaban J connectivity index is 2.83. The van der Waals surface area contributed by atoms with Crippen LogP contribution in [-0.4, -0.2) is 31.3 Å². The van der Waals surface area contributed by atoms with Gasteiger partial charge in [-0.1, -0.05) is 24.6 Å². The summed E-state index contributed by atoms with van der Waals surface area (Å²) in [7, 11) is 0. The van der Waals surface area contributed by atoms with E-state index < -0.39 is 0 Å². The third-order valence-electron chi connectivity index (χ3n) is 3.27. The summed E-state index contributed by atoms with van der Waals surface area (Å²) < 4.78 is 0. The first-order valence-corrected chi connectivity index (χ1v) is 7.40. The number of anilines is 1. The third-order valence-corrected chi connectivity index (χ3v) is 3.60. The lowest BCUT2D eigenvalue weighted by atomic mass is 10.1. The predicted octanol–water partition coefficient (Wildman–Crippen LogP) is 3.22. The maximum atomic E-state index is 9.05. The highest BCUT2D eigenvalue weighted by atomic mass is 35.5. The molecule has 1 atom stereocenters. The number of aliphatic hydroxyl groups is 1.